The maximum Gasteiger partial charge on any atom is 0.306 e. The number of ether oxygens (including phenoxy) is 1. The van der Waals surface area contributed by atoms with Gasteiger partial charge in [0.2, 0.25) is 0 Å². The number of Topliss-reactive ketones (excluding diaryl/α,β-unsaturated/α-hetero) is 1. The van der Waals surface area contributed by atoms with Gasteiger partial charge in [-0.25, -0.2) is 0 Å². The lowest BCUT2D eigenvalue weighted by molar-refractivity contribution is -0.144. The number of nitrogens with zero attached hydrogens (tertiary/aromatic N) is 1. The molecule has 1 saturated heterocycles. The molecule has 4 heteroatoms. The Morgan fingerprint density at radius 3 is 2.58 bits per heavy atom. The first kappa shape index (κ1) is 14.5. The molecule has 2 fully saturated rings. The van der Waals surface area contributed by atoms with Crippen LogP contribution in [0.25, 0.3) is 0 Å². The van der Waals surface area contributed by atoms with Crippen molar-refractivity contribution in [1.82, 2.24) is 4.90 Å². The molecule has 1 heterocycles. The summed E-state index contributed by atoms with van der Waals surface area (Å²) in [6, 6.07) is 0. The van der Waals surface area contributed by atoms with Crippen molar-refractivity contribution >= 4 is 11.8 Å². The van der Waals surface area contributed by atoms with Gasteiger partial charge in [0.15, 0.2) is 0 Å². The highest BCUT2D eigenvalue weighted by atomic mass is 16.5. The van der Waals surface area contributed by atoms with Crippen LogP contribution in [0, 0.1) is 5.41 Å². The number of esters is 1. The van der Waals surface area contributed by atoms with E-state index < -0.39 is 0 Å². The first-order valence-electron chi connectivity index (χ1n) is 7.53. The van der Waals surface area contributed by atoms with Gasteiger partial charge in [-0.2, -0.15) is 0 Å². The van der Waals surface area contributed by atoms with Gasteiger partial charge in [0.05, 0.1) is 19.6 Å². The molecule has 19 heavy (non-hydrogen) atoms. The quantitative estimate of drug-likeness (QED) is 0.692. The van der Waals surface area contributed by atoms with Crippen LogP contribution in [-0.2, 0) is 14.3 Å². The van der Waals surface area contributed by atoms with Crippen molar-refractivity contribution in [3.63, 3.8) is 0 Å². The van der Waals surface area contributed by atoms with Crippen LogP contribution in [0.4, 0.5) is 0 Å². The van der Waals surface area contributed by atoms with Crippen molar-refractivity contribution in [2.45, 2.75) is 51.9 Å². The first-order chi connectivity index (χ1) is 9.13. The minimum atomic E-state index is -0.260. The summed E-state index contributed by atoms with van der Waals surface area (Å²) in [5.74, 6) is -0.0902. The van der Waals surface area contributed by atoms with Gasteiger partial charge in [-0.1, -0.05) is 12.8 Å². The fraction of sp³-hybridized carbons (Fsp3) is 0.867. The van der Waals surface area contributed by atoms with Gasteiger partial charge in [0, 0.05) is 13.0 Å². The molecule has 1 spiro atoms. The van der Waals surface area contributed by atoms with Crippen molar-refractivity contribution in [3.05, 3.63) is 0 Å². The smallest absolute Gasteiger partial charge is 0.306 e. The average Bonchev–Trinajstić information content (AvgIpc) is 2.98. The van der Waals surface area contributed by atoms with Crippen LogP contribution in [0.5, 0.6) is 0 Å². The molecule has 0 aromatic rings. The topological polar surface area (TPSA) is 46.6 Å². The molecule has 0 aromatic heterocycles. The summed E-state index contributed by atoms with van der Waals surface area (Å²) in [4.78, 5) is 25.3. The number of carbonyl (C=O) groups excluding carboxylic acids is 2. The lowest BCUT2D eigenvalue weighted by Gasteiger charge is -2.23. The van der Waals surface area contributed by atoms with Crippen LogP contribution in [0.15, 0.2) is 0 Å². The summed E-state index contributed by atoms with van der Waals surface area (Å²) < 4.78 is 4.83. The van der Waals surface area contributed by atoms with Crippen molar-refractivity contribution in [2.75, 3.05) is 26.2 Å². The van der Waals surface area contributed by atoms with E-state index in [1.807, 2.05) is 0 Å². The highest BCUT2D eigenvalue weighted by molar-refractivity contribution is 5.84. The van der Waals surface area contributed by atoms with E-state index >= 15 is 0 Å². The van der Waals surface area contributed by atoms with Gasteiger partial charge in [-0.05, 0) is 38.1 Å². The third kappa shape index (κ3) is 4.03. The lowest BCUT2D eigenvalue weighted by atomic mass is 9.86. The second-order valence-corrected chi connectivity index (χ2v) is 6.01. The van der Waals surface area contributed by atoms with Crippen LogP contribution in [0.1, 0.15) is 51.9 Å². The van der Waals surface area contributed by atoms with Crippen LogP contribution in [0.2, 0.25) is 0 Å². The fourth-order valence-corrected chi connectivity index (χ4v) is 3.50. The van der Waals surface area contributed by atoms with Gasteiger partial charge in [0.25, 0.3) is 0 Å². The molecule has 4 nitrogen and oxygen atoms in total. The molecule has 0 radical (unpaired) electrons. The van der Waals surface area contributed by atoms with Crippen molar-refractivity contribution in [3.8, 4) is 0 Å². The molecule has 0 aromatic carbocycles. The molecular weight excluding hydrogens is 242 g/mol. The minimum Gasteiger partial charge on any atom is -0.466 e. The molecule has 0 unspecified atom stereocenters. The Morgan fingerprint density at radius 1 is 1.16 bits per heavy atom. The van der Waals surface area contributed by atoms with E-state index in [0.29, 0.717) is 25.0 Å². The molecule has 0 amide bonds. The van der Waals surface area contributed by atoms with Crippen LogP contribution in [0.3, 0.4) is 0 Å². The van der Waals surface area contributed by atoms with Crippen LogP contribution in [-0.4, -0.2) is 42.9 Å². The van der Waals surface area contributed by atoms with E-state index in [1.54, 1.807) is 6.92 Å². The molecule has 2 rings (SSSR count). The van der Waals surface area contributed by atoms with E-state index in [-0.39, 0.29) is 18.2 Å². The Balaban J connectivity index is 1.67. The average molecular weight is 267 g/mol. The molecule has 108 valence electrons. The number of hydrogen-bond donors (Lipinski definition) is 0. The minimum absolute atomic E-state index is 0.170. The monoisotopic (exact) mass is 267 g/mol. The van der Waals surface area contributed by atoms with E-state index in [9.17, 15) is 9.59 Å². The molecular formula is C15H25NO3. The molecule has 0 N–H and O–H groups in total. The van der Waals surface area contributed by atoms with E-state index in [4.69, 9.17) is 4.74 Å². The SMILES string of the molecule is CCOC(=O)CCC(=O)CN1CCC2(CCCC2)C1. The van der Waals surface area contributed by atoms with Crippen LogP contribution < -0.4 is 0 Å². The normalized spacial score (nSPS) is 21.9. The number of likely N-dealkylation sites (tertiary alicyclic amines) is 1. The van der Waals surface area contributed by atoms with Crippen molar-refractivity contribution < 1.29 is 14.3 Å². The predicted octanol–water partition coefficient (Wildman–Crippen LogP) is 2.16. The van der Waals surface area contributed by atoms with E-state index in [2.05, 4.69) is 4.90 Å². The van der Waals surface area contributed by atoms with Crippen molar-refractivity contribution in [1.29, 1.82) is 0 Å². The summed E-state index contributed by atoms with van der Waals surface area (Å²) in [6.07, 6.45) is 7.17. The Bertz CT molecular complexity index is 334. The number of carbonyl (C=O) groups is 2. The van der Waals surface area contributed by atoms with E-state index in [0.717, 1.165) is 13.1 Å². The third-order valence-electron chi connectivity index (χ3n) is 4.49. The van der Waals surface area contributed by atoms with E-state index in [1.165, 1.54) is 32.1 Å². The Hall–Kier alpha value is -0.900. The molecule has 0 bridgehead atoms. The second-order valence-electron chi connectivity index (χ2n) is 6.01. The Morgan fingerprint density at radius 2 is 1.89 bits per heavy atom. The third-order valence-corrected chi connectivity index (χ3v) is 4.49. The van der Waals surface area contributed by atoms with Crippen LogP contribution >= 0.6 is 0 Å². The maximum atomic E-state index is 11.9. The summed E-state index contributed by atoms with van der Waals surface area (Å²) in [5.41, 5.74) is 0.515. The summed E-state index contributed by atoms with van der Waals surface area (Å²) in [6.45, 7) is 4.82. The molecule has 1 aliphatic heterocycles. The zero-order valence-electron chi connectivity index (χ0n) is 12.0. The van der Waals surface area contributed by atoms with Gasteiger partial charge in [-0.3, -0.25) is 14.5 Å². The lowest BCUT2D eigenvalue weighted by Crippen LogP contribution is -2.30. The summed E-state index contributed by atoms with van der Waals surface area (Å²) in [7, 11) is 0. The number of rotatable bonds is 6. The second kappa shape index (κ2) is 6.51. The zero-order valence-corrected chi connectivity index (χ0v) is 12.0. The zero-order chi connectivity index (χ0) is 13.7. The maximum absolute atomic E-state index is 11.9. The molecule has 1 saturated carbocycles. The fourth-order valence-electron chi connectivity index (χ4n) is 3.50. The highest BCUT2D eigenvalue weighted by Crippen LogP contribution is 2.45. The van der Waals surface area contributed by atoms with Crippen molar-refractivity contribution in [2.24, 2.45) is 5.41 Å². The molecule has 1 aliphatic carbocycles. The summed E-state index contributed by atoms with van der Waals surface area (Å²) >= 11 is 0. The number of ketones is 1. The number of hydrogen-bond acceptors (Lipinski definition) is 4. The molecule has 2 aliphatic rings. The largest absolute Gasteiger partial charge is 0.466 e. The van der Waals surface area contributed by atoms with Gasteiger partial charge < -0.3 is 4.74 Å². The molecule has 0 atom stereocenters. The Labute approximate surface area is 115 Å². The predicted molar refractivity (Wildman–Crippen MR) is 72.8 cm³/mol. The Kier molecular flexibility index (Phi) is 4.97. The van der Waals surface area contributed by atoms with Gasteiger partial charge in [0.1, 0.15) is 5.78 Å². The van der Waals surface area contributed by atoms with Gasteiger partial charge in [-0.15, -0.1) is 0 Å². The summed E-state index contributed by atoms with van der Waals surface area (Å²) in [5, 5.41) is 0. The standard InChI is InChI=1S/C15H25NO3/c1-2-19-14(18)6-5-13(17)11-16-10-9-15(12-16)7-3-4-8-15/h2-12H2,1H3. The highest BCUT2D eigenvalue weighted by Gasteiger charge is 2.40. The first-order valence-corrected chi connectivity index (χ1v) is 7.53. The van der Waals surface area contributed by atoms with Gasteiger partial charge >= 0.3 is 5.97 Å².